The van der Waals surface area contributed by atoms with E-state index >= 15 is 0 Å². The highest BCUT2D eigenvalue weighted by Gasteiger charge is 2.15. The number of nitrogens with two attached hydrogens (primary N) is 1. The van der Waals surface area contributed by atoms with Gasteiger partial charge in [0.1, 0.15) is 5.76 Å². The van der Waals surface area contributed by atoms with Crippen LogP contribution in [0.3, 0.4) is 0 Å². The van der Waals surface area contributed by atoms with Gasteiger partial charge in [-0.15, -0.1) is 0 Å². The lowest BCUT2D eigenvalue weighted by atomic mass is 9.86. The fraction of sp³-hybridized carbons (Fsp3) is 0.471. The molecule has 21 heavy (non-hydrogen) atoms. The van der Waals surface area contributed by atoms with Gasteiger partial charge >= 0.3 is 0 Å². The predicted molar refractivity (Wildman–Crippen MR) is 88.8 cm³/mol. The standard InChI is InChI=1S/C17H24N2OS/c1-11-12(2)20-16(19-11)21-10-15(18)13-6-8-14(9-7-13)17(3,4)5/h6-9,15H,10,18H2,1-5H3. The van der Waals surface area contributed by atoms with Crippen molar-refractivity contribution in [1.29, 1.82) is 0 Å². The van der Waals surface area contributed by atoms with E-state index in [9.17, 15) is 0 Å². The molecule has 0 saturated heterocycles. The second-order valence-corrected chi connectivity index (χ2v) is 7.38. The Kier molecular flexibility index (Phi) is 4.79. The SMILES string of the molecule is Cc1nc(SCC(N)c2ccc(C(C)(C)C)cc2)oc1C. The summed E-state index contributed by atoms with van der Waals surface area (Å²) in [7, 11) is 0. The fourth-order valence-electron chi connectivity index (χ4n) is 1.99. The summed E-state index contributed by atoms with van der Waals surface area (Å²) < 4.78 is 5.56. The summed E-state index contributed by atoms with van der Waals surface area (Å²) >= 11 is 1.57. The van der Waals surface area contributed by atoms with Crippen LogP contribution in [0.15, 0.2) is 33.9 Å². The van der Waals surface area contributed by atoms with Crippen molar-refractivity contribution < 1.29 is 4.42 Å². The van der Waals surface area contributed by atoms with Crippen LogP contribution < -0.4 is 5.73 Å². The monoisotopic (exact) mass is 304 g/mol. The van der Waals surface area contributed by atoms with E-state index in [1.165, 1.54) is 5.56 Å². The molecule has 1 aromatic carbocycles. The Bertz CT molecular complexity index is 577. The fourth-order valence-corrected chi connectivity index (χ4v) is 2.89. The van der Waals surface area contributed by atoms with Crippen molar-refractivity contribution in [3.05, 3.63) is 46.8 Å². The molecule has 0 aliphatic carbocycles. The van der Waals surface area contributed by atoms with Crippen LogP contribution >= 0.6 is 11.8 Å². The van der Waals surface area contributed by atoms with E-state index in [0.717, 1.165) is 22.8 Å². The lowest BCUT2D eigenvalue weighted by Gasteiger charge is -2.20. The van der Waals surface area contributed by atoms with E-state index in [0.29, 0.717) is 5.22 Å². The number of thioether (sulfide) groups is 1. The van der Waals surface area contributed by atoms with Gasteiger partial charge in [-0.05, 0) is 30.4 Å². The number of aryl methyl sites for hydroxylation is 2. The zero-order chi connectivity index (χ0) is 15.6. The van der Waals surface area contributed by atoms with Gasteiger partial charge in [-0.1, -0.05) is 56.8 Å². The molecule has 0 aliphatic rings. The number of benzene rings is 1. The summed E-state index contributed by atoms with van der Waals surface area (Å²) in [6, 6.07) is 8.56. The summed E-state index contributed by atoms with van der Waals surface area (Å²) in [5.74, 6) is 1.63. The van der Waals surface area contributed by atoms with Gasteiger partial charge in [0.2, 0.25) is 0 Å². The Morgan fingerprint density at radius 1 is 1.19 bits per heavy atom. The first-order chi connectivity index (χ1) is 9.77. The molecule has 1 atom stereocenters. The van der Waals surface area contributed by atoms with E-state index in [1.807, 2.05) is 13.8 Å². The summed E-state index contributed by atoms with van der Waals surface area (Å²) in [6.07, 6.45) is 0. The number of aromatic nitrogens is 1. The van der Waals surface area contributed by atoms with Gasteiger partial charge in [0, 0.05) is 11.8 Å². The minimum atomic E-state index is -0.0171. The molecule has 1 heterocycles. The maximum Gasteiger partial charge on any atom is 0.256 e. The quantitative estimate of drug-likeness (QED) is 0.852. The summed E-state index contributed by atoms with van der Waals surface area (Å²) in [5.41, 5.74) is 9.85. The topological polar surface area (TPSA) is 52.0 Å². The first-order valence-electron chi connectivity index (χ1n) is 7.20. The lowest BCUT2D eigenvalue weighted by molar-refractivity contribution is 0.431. The molecule has 2 aromatic rings. The maximum absolute atomic E-state index is 6.26. The molecule has 0 amide bonds. The molecule has 1 unspecified atom stereocenters. The number of hydrogen-bond acceptors (Lipinski definition) is 4. The van der Waals surface area contributed by atoms with E-state index in [-0.39, 0.29) is 11.5 Å². The van der Waals surface area contributed by atoms with Gasteiger partial charge in [-0.3, -0.25) is 0 Å². The van der Waals surface area contributed by atoms with Crippen LogP contribution in [0.4, 0.5) is 0 Å². The van der Waals surface area contributed by atoms with Gasteiger partial charge in [0.25, 0.3) is 5.22 Å². The van der Waals surface area contributed by atoms with Crippen molar-refractivity contribution in [1.82, 2.24) is 4.98 Å². The van der Waals surface area contributed by atoms with Crippen LogP contribution in [-0.2, 0) is 5.41 Å². The number of rotatable bonds is 4. The molecular weight excluding hydrogens is 280 g/mol. The Morgan fingerprint density at radius 2 is 1.81 bits per heavy atom. The molecule has 0 fully saturated rings. The van der Waals surface area contributed by atoms with Gasteiger partial charge in [0.05, 0.1) is 5.69 Å². The Balaban J connectivity index is 1.98. The van der Waals surface area contributed by atoms with Gasteiger partial charge < -0.3 is 10.2 Å². The van der Waals surface area contributed by atoms with Gasteiger partial charge in [0.15, 0.2) is 0 Å². The number of hydrogen-bond donors (Lipinski definition) is 1. The molecule has 3 nitrogen and oxygen atoms in total. The molecule has 0 bridgehead atoms. The Labute approximate surface area is 131 Å². The minimum absolute atomic E-state index is 0.0171. The van der Waals surface area contributed by atoms with E-state index in [4.69, 9.17) is 10.2 Å². The second kappa shape index (κ2) is 6.24. The highest BCUT2D eigenvalue weighted by atomic mass is 32.2. The second-order valence-electron chi connectivity index (χ2n) is 6.41. The molecule has 2 N–H and O–H groups in total. The summed E-state index contributed by atoms with van der Waals surface area (Å²) in [4.78, 5) is 4.36. The Hall–Kier alpha value is -1.26. The number of nitrogens with zero attached hydrogens (tertiary/aromatic N) is 1. The van der Waals surface area contributed by atoms with Crippen molar-refractivity contribution >= 4 is 11.8 Å². The van der Waals surface area contributed by atoms with Crippen LogP contribution in [0.25, 0.3) is 0 Å². The van der Waals surface area contributed by atoms with Crippen LogP contribution in [0, 0.1) is 13.8 Å². The van der Waals surface area contributed by atoms with Gasteiger partial charge in [-0.25, -0.2) is 4.98 Å². The first kappa shape index (κ1) is 16.1. The van der Waals surface area contributed by atoms with Crippen molar-refractivity contribution in [2.45, 2.75) is 51.3 Å². The molecular formula is C17H24N2OS. The minimum Gasteiger partial charge on any atom is -0.437 e. The predicted octanol–water partition coefficient (Wildman–Crippen LogP) is 4.38. The van der Waals surface area contributed by atoms with Crippen LogP contribution in [0.1, 0.15) is 49.4 Å². The van der Waals surface area contributed by atoms with Crippen molar-refractivity contribution in [3.8, 4) is 0 Å². The lowest BCUT2D eigenvalue weighted by Crippen LogP contribution is -2.15. The molecule has 114 valence electrons. The average Bonchev–Trinajstić information content (AvgIpc) is 2.74. The normalized spacial score (nSPS) is 13.4. The largest absolute Gasteiger partial charge is 0.437 e. The van der Waals surface area contributed by atoms with Crippen LogP contribution in [0.2, 0.25) is 0 Å². The van der Waals surface area contributed by atoms with Gasteiger partial charge in [-0.2, -0.15) is 0 Å². The van der Waals surface area contributed by atoms with E-state index < -0.39 is 0 Å². The third-order valence-corrected chi connectivity index (χ3v) is 4.55. The molecule has 0 radical (unpaired) electrons. The summed E-state index contributed by atoms with van der Waals surface area (Å²) in [5, 5.41) is 0.701. The van der Waals surface area contributed by atoms with Crippen molar-refractivity contribution in [3.63, 3.8) is 0 Å². The molecule has 1 aromatic heterocycles. The first-order valence-corrected chi connectivity index (χ1v) is 8.19. The summed E-state index contributed by atoms with van der Waals surface area (Å²) in [6.45, 7) is 10.5. The smallest absolute Gasteiger partial charge is 0.256 e. The molecule has 2 rings (SSSR count). The Morgan fingerprint density at radius 3 is 2.29 bits per heavy atom. The van der Waals surface area contributed by atoms with Crippen molar-refractivity contribution in [2.24, 2.45) is 5.73 Å². The van der Waals surface area contributed by atoms with E-state index in [1.54, 1.807) is 11.8 Å². The third kappa shape index (κ3) is 4.11. The van der Waals surface area contributed by atoms with Crippen LogP contribution in [-0.4, -0.2) is 10.7 Å². The molecule has 0 aliphatic heterocycles. The molecule has 0 saturated carbocycles. The third-order valence-electron chi connectivity index (χ3n) is 3.60. The number of oxazole rings is 1. The zero-order valence-corrected chi connectivity index (χ0v) is 14.3. The molecule has 4 heteroatoms. The highest BCUT2D eigenvalue weighted by molar-refractivity contribution is 7.99. The molecule has 0 spiro atoms. The van der Waals surface area contributed by atoms with E-state index in [2.05, 4.69) is 50.0 Å². The zero-order valence-electron chi connectivity index (χ0n) is 13.4. The average molecular weight is 304 g/mol. The van der Waals surface area contributed by atoms with Crippen LogP contribution in [0.5, 0.6) is 0 Å². The highest BCUT2D eigenvalue weighted by Crippen LogP contribution is 2.27. The maximum atomic E-state index is 6.26. The van der Waals surface area contributed by atoms with Crippen molar-refractivity contribution in [2.75, 3.05) is 5.75 Å².